The summed E-state index contributed by atoms with van der Waals surface area (Å²) in [6, 6.07) is 95.1. The van der Waals surface area contributed by atoms with Crippen LogP contribution in [0.15, 0.2) is 255 Å². The molecule has 11 aromatic carbocycles. The molecule has 11 aromatic rings. The average Bonchev–Trinajstić information content (AvgIpc) is 3.55. The van der Waals surface area contributed by atoms with Crippen molar-refractivity contribution in [3.63, 3.8) is 0 Å². The summed E-state index contributed by atoms with van der Waals surface area (Å²) in [6.45, 7) is 0. The molecule has 0 N–H and O–H groups in total. The number of nitrogens with zero attached hydrogens (tertiary/aromatic N) is 2. The van der Waals surface area contributed by atoms with Gasteiger partial charge in [-0.15, -0.1) is 0 Å². The Labute approximate surface area is 449 Å². The molecule has 2 aliphatic carbocycles. The number of para-hydroxylation sites is 2. The summed E-state index contributed by atoms with van der Waals surface area (Å²) in [7, 11) is 0. The number of benzene rings is 11. The average molecular weight is 981 g/mol. The van der Waals surface area contributed by atoms with E-state index < -0.39 is 0 Å². The van der Waals surface area contributed by atoms with Crippen LogP contribution in [-0.2, 0) is 0 Å². The minimum Gasteiger partial charge on any atom is -0.310 e. The Balaban J connectivity index is 1.05. The van der Waals surface area contributed by atoms with Crippen LogP contribution in [0.3, 0.4) is 0 Å². The summed E-state index contributed by atoms with van der Waals surface area (Å²) in [5, 5.41) is 5.72. The van der Waals surface area contributed by atoms with Crippen LogP contribution < -0.4 is 9.80 Å². The van der Waals surface area contributed by atoms with Crippen LogP contribution in [-0.4, -0.2) is 0 Å². The maximum absolute atomic E-state index is 2.60. The van der Waals surface area contributed by atoms with Crippen molar-refractivity contribution in [3.8, 4) is 44.5 Å². The molecule has 2 aliphatic rings. The minimum absolute atomic E-state index is 0.470. The fourth-order valence-corrected chi connectivity index (χ4v) is 12.9. The van der Waals surface area contributed by atoms with E-state index in [-0.39, 0.29) is 0 Å². The molecule has 13 rings (SSSR count). The molecule has 2 heteroatoms. The number of hydrogen-bond acceptors (Lipinski definition) is 2. The fourth-order valence-electron chi connectivity index (χ4n) is 12.9. The summed E-state index contributed by atoms with van der Waals surface area (Å²) in [6.07, 6.45) is 12.5. The van der Waals surface area contributed by atoms with Crippen LogP contribution in [0.25, 0.3) is 66.1 Å². The molecule has 0 spiro atoms. The first-order valence-electron chi connectivity index (χ1n) is 28.0. The molecule has 2 nitrogen and oxygen atoms in total. The number of anilines is 6. The summed E-state index contributed by atoms with van der Waals surface area (Å²) in [5.41, 5.74) is 19.7. The SMILES string of the molecule is c1ccc(-c2cc(-c3ccccc3)cc(N(c3ccccc3)c3ccc4c(C5CCCCC5)c5cc(N(c6ccccc6)c6cc(-c7ccccc7)cc(-c7ccccc7)c6)ccc5c(C5CCCCC5)c4c3)c2)cc1. The Morgan fingerprint density at radius 2 is 0.500 bits per heavy atom. The van der Waals surface area contributed by atoms with Crippen molar-refractivity contribution in [2.45, 2.75) is 76.0 Å². The van der Waals surface area contributed by atoms with E-state index in [1.165, 1.54) is 153 Å². The molecule has 2 fully saturated rings. The van der Waals surface area contributed by atoms with Crippen LogP contribution in [0.2, 0.25) is 0 Å². The van der Waals surface area contributed by atoms with Crippen molar-refractivity contribution in [1.82, 2.24) is 0 Å². The van der Waals surface area contributed by atoms with Gasteiger partial charge in [0.15, 0.2) is 0 Å². The van der Waals surface area contributed by atoms with E-state index in [0.29, 0.717) is 11.8 Å². The zero-order valence-corrected chi connectivity index (χ0v) is 43.4. The van der Waals surface area contributed by atoms with Crippen LogP contribution in [0, 0.1) is 0 Å². The van der Waals surface area contributed by atoms with Crippen LogP contribution in [0.1, 0.15) is 87.2 Å². The molecule has 76 heavy (non-hydrogen) atoms. The lowest BCUT2D eigenvalue weighted by Crippen LogP contribution is -2.13. The van der Waals surface area contributed by atoms with Crippen molar-refractivity contribution in [1.29, 1.82) is 0 Å². The van der Waals surface area contributed by atoms with E-state index in [2.05, 4.69) is 265 Å². The van der Waals surface area contributed by atoms with Crippen molar-refractivity contribution < 1.29 is 0 Å². The topological polar surface area (TPSA) is 6.48 Å². The Morgan fingerprint density at radius 3 is 0.803 bits per heavy atom. The summed E-state index contributed by atoms with van der Waals surface area (Å²) >= 11 is 0. The van der Waals surface area contributed by atoms with Gasteiger partial charge in [0.2, 0.25) is 0 Å². The molecule has 0 unspecified atom stereocenters. The van der Waals surface area contributed by atoms with Crippen LogP contribution in [0.5, 0.6) is 0 Å². The predicted octanol–water partition coefficient (Wildman–Crippen LogP) is 21.7. The lowest BCUT2D eigenvalue weighted by Gasteiger charge is -2.32. The number of hydrogen-bond donors (Lipinski definition) is 0. The predicted molar refractivity (Wildman–Crippen MR) is 324 cm³/mol. The summed E-state index contributed by atoms with van der Waals surface area (Å²) < 4.78 is 0. The molecule has 0 atom stereocenters. The molecule has 0 heterocycles. The molecule has 370 valence electrons. The smallest absolute Gasteiger partial charge is 0.0473 e. The number of fused-ring (bicyclic) bond motifs is 2. The van der Waals surface area contributed by atoms with Gasteiger partial charge in [-0.2, -0.15) is 0 Å². The first-order chi connectivity index (χ1) is 37.7. The first-order valence-corrected chi connectivity index (χ1v) is 28.0. The van der Waals surface area contributed by atoms with Gasteiger partial charge in [-0.3, -0.25) is 0 Å². The second kappa shape index (κ2) is 21.4. The highest BCUT2D eigenvalue weighted by Crippen LogP contribution is 2.51. The van der Waals surface area contributed by atoms with Gasteiger partial charge in [0.1, 0.15) is 0 Å². The maximum Gasteiger partial charge on any atom is 0.0473 e. The van der Waals surface area contributed by atoms with Gasteiger partial charge in [0.25, 0.3) is 0 Å². The fraction of sp³-hybridized carbons (Fsp3) is 0.162. The van der Waals surface area contributed by atoms with Crippen molar-refractivity contribution in [2.75, 3.05) is 9.80 Å². The summed E-state index contributed by atoms with van der Waals surface area (Å²) in [5.74, 6) is 0.940. The Bertz CT molecular complexity index is 3380. The molecule has 0 bridgehead atoms. The van der Waals surface area contributed by atoms with Gasteiger partial charge >= 0.3 is 0 Å². The van der Waals surface area contributed by atoms with E-state index in [0.717, 1.165) is 22.7 Å². The van der Waals surface area contributed by atoms with Crippen LogP contribution >= 0.6 is 0 Å². The lowest BCUT2D eigenvalue weighted by molar-refractivity contribution is 0.445. The van der Waals surface area contributed by atoms with Gasteiger partial charge in [0, 0.05) is 34.1 Å². The molecule has 0 amide bonds. The van der Waals surface area contributed by atoms with Crippen LogP contribution in [0.4, 0.5) is 34.1 Å². The van der Waals surface area contributed by atoms with Gasteiger partial charge in [-0.25, -0.2) is 0 Å². The highest BCUT2D eigenvalue weighted by atomic mass is 15.1. The van der Waals surface area contributed by atoms with Crippen molar-refractivity contribution in [3.05, 3.63) is 266 Å². The van der Waals surface area contributed by atoms with Gasteiger partial charge in [0.05, 0.1) is 0 Å². The molecular formula is C74H64N2. The lowest BCUT2D eigenvalue weighted by atomic mass is 9.74. The molecule has 0 aliphatic heterocycles. The van der Waals surface area contributed by atoms with Crippen molar-refractivity contribution >= 4 is 55.7 Å². The second-order valence-electron chi connectivity index (χ2n) is 21.3. The first kappa shape index (κ1) is 47.3. The molecule has 0 saturated heterocycles. The van der Waals surface area contributed by atoms with E-state index in [9.17, 15) is 0 Å². The maximum atomic E-state index is 2.60. The van der Waals surface area contributed by atoms with E-state index in [1.807, 2.05) is 0 Å². The molecule has 2 saturated carbocycles. The zero-order chi connectivity index (χ0) is 50.6. The standard InChI is InChI=1S/C74H64N2/c1-9-25-53(26-10-1)59-45-60(54-27-11-2-12-28-54)48-67(47-59)75(63-37-21-7-22-38-63)65-41-43-69-71(51-65)73(57-33-17-5-18-34-57)70-44-42-66(52-72(70)74(69)58-35-19-6-20-36-58)76(64-39-23-8-24-40-64)68-49-61(55-29-13-3-14-30-55)46-62(50-68)56-31-15-4-16-32-56/h1-4,7-16,21-32,37-52,57-58H,5-6,17-20,33-36H2. The normalized spacial score (nSPS) is 14.2. The third-order valence-corrected chi connectivity index (χ3v) is 16.5. The Hall–Kier alpha value is -8.46. The van der Waals surface area contributed by atoms with Gasteiger partial charge in [-0.1, -0.05) is 208 Å². The van der Waals surface area contributed by atoms with Gasteiger partial charge in [-0.05, 0) is 200 Å². The second-order valence-corrected chi connectivity index (χ2v) is 21.3. The monoisotopic (exact) mass is 981 g/mol. The Morgan fingerprint density at radius 1 is 0.211 bits per heavy atom. The van der Waals surface area contributed by atoms with E-state index >= 15 is 0 Å². The van der Waals surface area contributed by atoms with E-state index in [1.54, 1.807) is 0 Å². The van der Waals surface area contributed by atoms with Gasteiger partial charge < -0.3 is 9.80 Å². The molecule has 0 aromatic heterocycles. The quantitative estimate of drug-likeness (QED) is 0.113. The Kier molecular flexibility index (Phi) is 13.3. The third kappa shape index (κ3) is 9.50. The molecule has 0 radical (unpaired) electrons. The largest absolute Gasteiger partial charge is 0.310 e. The highest BCUT2D eigenvalue weighted by molar-refractivity contribution is 6.09. The van der Waals surface area contributed by atoms with Crippen molar-refractivity contribution in [2.24, 2.45) is 0 Å². The number of rotatable bonds is 12. The third-order valence-electron chi connectivity index (χ3n) is 16.5. The minimum atomic E-state index is 0.470. The summed E-state index contributed by atoms with van der Waals surface area (Å²) in [4.78, 5) is 5.03. The molecular weight excluding hydrogens is 917 g/mol. The van der Waals surface area contributed by atoms with E-state index in [4.69, 9.17) is 0 Å². The zero-order valence-electron chi connectivity index (χ0n) is 43.4. The highest BCUT2D eigenvalue weighted by Gasteiger charge is 2.29.